The van der Waals surface area contributed by atoms with E-state index < -0.39 is 0 Å². The van der Waals surface area contributed by atoms with E-state index >= 15 is 0 Å². The Morgan fingerprint density at radius 2 is 1.94 bits per heavy atom. The quantitative estimate of drug-likeness (QED) is 0.647. The molecule has 0 saturated carbocycles. The fourth-order valence-corrected chi connectivity index (χ4v) is 2.13. The third-order valence-corrected chi connectivity index (χ3v) is 2.91. The minimum Gasteiger partial charge on any atom is -0.353 e. The number of carbonyl (C=O) groups is 1. The summed E-state index contributed by atoms with van der Waals surface area (Å²) in [6.45, 7) is 7.93. The van der Waals surface area contributed by atoms with Crippen LogP contribution in [0.15, 0.2) is 0 Å². The van der Waals surface area contributed by atoms with Crippen LogP contribution in [0.2, 0.25) is 0 Å². The molecule has 1 unspecified atom stereocenters. The smallest absolute Gasteiger partial charge is 0.230 e. The maximum absolute atomic E-state index is 11.3. The molecular weight excluding hydrogens is 234 g/mol. The van der Waals surface area contributed by atoms with Crippen molar-refractivity contribution in [2.24, 2.45) is 0 Å². The van der Waals surface area contributed by atoms with Crippen LogP contribution >= 0.6 is 11.8 Å². The molecule has 0 aromatic heterocycles. The molecule has 0 fully saturated rings. The fraction of sp³-hybridized carbons (Fsp3) is 0.833. The van der Waals surface area contributed by atoms with E-state index in [1.54, 1.807) is 11.8 Å². The maximum atomic E-state index is 11.3. The number of nitrogens with zero attached hydrogens (tertiary/aromatic N) is 1. The summed E-state index contributed by atoms with van der Waals surface area (Å²) in [5.41, 5.74) is 0. The first-order chi connectivity index (χ1) is 7.95. The van der Waals surface area contributed by atoms with Gasteiger partial charge in [-0.25, -0.2) is 0 Å². The summed E-state index contributed by atoms with van der Waals surface area (Å²) in [5, 5.41) is 14.9. The summed E-state index contributed by atoms with van der Waals surface area (Å²) in [7, 11) is 0. The van der Waals surface area contributed by atoms with Gasteiger partial charge in [-0.15, -0.1) is 0 Å². The molecular formula is C12H23N3OS. The van der Waals surface area contributed by atoms with E-state index in [1.165, 1.54) is 0 Å². The molecule has 5 heteroatoms. The van der Waals surface area contributed by atoms with Gasteiger partial charge in [0.25, 0.3) is 0 Å². The zero-order chi connectivity index (χ0) is 13.3. The average Bonchev–Trinajstić information content (AvgIpc) is 2.20. The lowest BCUT2D eigenvalue weighted by atomic mass is 10.2. The fourth-order valence-electron chi connectivity index (χ4n) is 1.32. The molecule has 98 valence electrons. The SMILES string of the molecule is CC(C)NC(=O)CSCCC(C#N)NC(C)C. The third-order valence-electron chi connectivity index (χ3n) is 1.92. The van der Waals surface area contributed by atoms with Gasteiger partial charge in [-0.1, -0.05) is 0 Å². The second kappa shape index (κ2) is 9.32. The van der Waals surface area contributed by atoms with Gasteiger partial charge in [0.2, 0.25) is 5.91 Å². The highest BCUT2D eigenvalue weighted by atomic mass is 32.2. The van der Waals surface area contributed by atoms with Gasteiger partial charge in [0.05, 0.1) is 17.9 Å². The molecule has 4 nitrogen and oxygen atoms in total. The minimum absolute atomic E-state index is 0.0651. The molecule has 0 aromatic rings. The van der Waals surface area contributed by atoms with Crippen LogP contribution in [0.4, 0.5) is 0 Å². The molecule has 17 heavy (non-hydrogen) atoms. The zero-order valence-corrected chi connectivity index (χ0v) is 11.9. The van der Waals surface area contributed by atoms with Crippen LogP contribution < -0.4 is 10.6 Å². The third kappa shape index (κ3) is 10.2. The Morgan fingerprint density at radius 3 is 2.41 bits per heavy atom. The van der Waals surface area contributed by atoms with E-state index in [0.717, 1.165) is 12.2 Å². The van der Waals surface area contributed by atoms with Gasteiger partial charge in [0.15, 0.2) is 0 Å². The summed E-state index contributed by atoms with van der Waals surface area (Å²) < 4.78 is 0. The van der Waals surface area contributed by atoms with Gasteiger partial charge in [-0.3, -0.25) is 10.1 Å². The highest BCUT2D eigenvalue weighted by Crippen LogP contribution is 2.05. The summed E-state index contributed by atoms with van der Waals surface area (Å²) in [6.07, 6.45) is 0.772. The van der Waals surface area contributed by atoms with Crippen molar-refractivity contribution in [2.45, 2.75) is 52.2 Å². The summed E-state index contributed by atoms with van der Waals surface area (Å²) in [4.78, 5) is 11.3. The Hall–Kier alpha value is -0.730. The predicted molar refractivity (Wildman–Crippen MR) is 72.9 cm³/mol. The summed E-state index contributed by atoms with van der Waals surface area (Å²) in [6, 6.07) is 2.62. The molecule has 0 aliphatic carbocycles. The van der Waals surface area contributed by atoms with Crippen molar-refractivity contribution in [1.82, 2.24) is 10.6 Å². The van der Waals surface area contributed by atoms with Crippen molar-refractivity contribution in [3.05, 3.63) is 0 Å². The first-order valence-electron chi connectivity index (χ1n) is 5.98. The van der Waals surface area contributed by atoms with Gasteiger partial charge in [0, 0.05) is 12.1 Å². The Labute approximate surface area is 109 Å². The highest BCUT2D eigenvalue weighted by Gasteiger charge is 2.09. The molecule has 0 aliphatic heterocycles. The molecule has 1 atom stereocenters. The van der Waals surface area contributed by atoms with Crippen LogP contribution in [0.25, 0.3) is 0 Å². The first-order valence-corrected chi connectivity index (χ1v) is 7.14. The van der Waals surface area contributed by atoms with Crippen molar-refractivity contribution >= 4 is 17.7 Å². The van der Waals surface area contributed by atoms with E-state index in [2.05, 4.69) is 16.7 Å². The summed E-state index contributed by atoms with van der Waals surface area (Å²) in [5.74, 6) is 1.36. The van der Waals surface area contributed by atoms with Crippen molar-refractivity contribution in [1.29, 1.82) is 5.26 Å². The lowest BCUT2D eigenvalue weighted by Gasteiger charge is -2.14. The highest BCUT2D eigenvalue weighted by molar-refractivity contribution is 7.99. The summed E-state index contributed by atoms with van der Waals surface area (Å²) >= 11 is 1.57. The van der Waals surface area contributed by atoms with Crippen LogP contribution in [0, 0.1) is 11.3 Å². The number of rotatable bonds is 8. The maximum Gasteiger partial charge on any atom is 0.230 e. The molecule has 0 aromatic carbocycles. The monoisotopic (exact) mass is 257 g/mol. The Kier molecular flexibility index (Phi) is 8.92. The first kappa shape index (κ1) is 16.3. The van der Waals surface area contributed by atoms with Crippen LogP contribution in [0.1, 0.15) is 34.1 Å². The largest absolute Gasteiger partial charge is 0.353 e. The Balaban J connectivity index is 3.62. The van der Waals surface area contributed by atoms with Crippen molar-refractivity contribution in [3.8, 4) is 6.07 Å². The topological polar surface area (TPSA) is 64.9 Å². The Morgan fingerprint density at radius 1 is 1.29 bits per heavy atom. The lowest BCUT2D eigenvalue weighted by Crippen LogP contribution is -2.34. The number of amides is 1. The normalized spacial score (nSPS) is 12.5. The van der Waals surface area contributed by atoms with Gasteiger partial charge in [0.1, 0.15) is 0 Å². The van der Waals surface area contributed by atoms with Crippen molar-refractivity contribution in [2.75, 3.05) is 11.5 Å². The van der Waals surface area contributed by atoms with E-state index in [9.17, 15) is 4.79 Å². The Bertz CT molecular complexity index is 261. The van der Waals surface area contributed by atoms with E-state index in [-0.39, 0.29) is 18.0 Å². The zero-order valence-electron chi connectivity index (χ0n) is 11.1. The lowest BCUT2D eigenvalue weighted by molar-refractivity contribution is -0.119. The molecule has 0 heterocycles. The molecule has 0 spiro atoms. The van der Waals surface area contributed by atoms with Crippen molar-refractivity contribution in [3.63, 3.8) is 0 Å². The van der Waals surface area contributed by atoms with Gasteiger partial charge < -0.3 is 5.32 Å². The van der Waals surface area contributed by atoms with Gasteiger partial charge in [-0.05, 0) is 39.9 Å². The predicted octanol–water partition coefficient (Wildman–Crippen LogP) is 1.52. The number of thioether (sulfide) groups is 1. The molecule has 0 bridgehead atoms. The van der Waals surface area contributed by atoms with Crippen molar-refractivity contribution < 1.29 is 4.79 Å². The molecule has 2 N–H and O–H groups in total. The number of hydrogen-bond acceptors (Lipinski definition) is 4. The second-order valence-corrected chi connectivity index (χ2v) is 5.67. The van der Waals surface area contributed by atoms with E-state index in [1.807, 2.05) is 27.7 Å². The average molecular weight is 257 g/mol. The van der Waals surface area contributed by atoms with Crippen LogP contribution in [0.5, 0.6) is 0 Å². The number of nitriles is 1. The number of carbonyl (C=O) groups excluding carboxylic acids is 1. The van der Waals surface area contributed by atoms with E-state index in [0.29, 0.717) is 11.8 Å². The van der Waals surface area contributed by atoms with Crippen LogP contribution in [-0.2, 0) is 4.79 Å². The van der Waals surface area contributed by atoms with E-state index in [4.69, 9.17) is 5.26 Å². The van der Waals surface area contributed by atoms with Crippen LogP contribution in [0.3, 0.4) is 0 Å². The molecule has 0 rings (SSSR count). The standard InChI is InChI=1S/C12H23N3OS/c1-9(2)14-11(7-13)5-6-17-8-12(16)15-10(3)4/h9-11,14H,5-6,8H2,1-4H3,(H,15,16). The molecule has 1 amide bonds. The number of nitrogens with one attached hydrogen (secondary N) is 2. The minimum atomic E-state index is -0.115. The van der Waals surface area contributed by atoms with Gasteiger partial charge >= 0.3 is 0 Å². The number of hydrogen-bond donors (Lipinski definition) is 2. The molecule has 0 radical (unpaired) electrons. The molecule has 0 aliphatic rings. The second-order valence-electron chi connectivity index (χ2n) is 4.57. The van der Waals surface area contributed by atoms with Gasteiger partial charge in [-0.2, -0.15) is 17.0 Å². The molecule has 0 saturated heterocycles. The van der Waals surface area contributed by atoms with Crippen LogP contribution in [-0.4, -0.2) is 35.5 Å².